The number of aromatic nitrogens is 3. The molecule has 1 unspecified atom stereocenters. The van der Waals surface area contributed by atoms with Crippen LogP contribution in [-0.4, -0.2) is 32.7 Å². The highest BCUT2D eigenvalue weighted by Crippen LogP contribution is 2.28. The first-order valence-electron chi connectivity index (χ1n) is 9.61. The number of esters is 1. The number of benzene rings is 1. The van der Waals surface area contributed by atoms with Gasteiger partial charge in [-0.15, -0.1) is 0 Å². The number of fused-ring (bicyclic) bond motifs is 1. The number of hydrogen-bond acceptors (Lipinski definition) is 6. The van der Waals surface area contributed by atoms with Gasteiger partial charge in [0.15, 0.2) is 0 Å². The summed E-state index contributed by atoms with van der Waals surface area (Å²) < 4.78 is 5.63. The van der Waals surface area contributed by atoms with E-state index < -0.39 is 12.0 Å². The molecule has 28 heavy (non-hydrogen) atoms. The molecule has 1 aromatic carbocycles. The number of aromatic amines is 1. The van der Waals surface area contributed by atoms with Gasteiger partial charge < -0.3 is 15.0 Å². The summed E-state index contributed by atoms with van der Waals surface area (Å²) in [6.45, 7) is 0. The van der Waals surface area contributed by atoms with Gasteiger partial charge in [0.2, 0.25) is 5.95 Å². The van der Waals surface area contributed by atoms with Crippen LogP contribution in [0.15, 0.2) is 48.9 Å². The lowest BCUT2D eigenvalue weighted by atomic mass is 9.97. The highest BCUT2D eigenvalue weighted by molar-refractivity contribution is 6.38. The maximum atomic E-state index is 12.7. The number of nitrogens with zero attached hydrogens (tertiary/aromatic N) is 2. The minimum atomic E-state index is -0.713. The van der Waals surface area contributed by atoms with Gasteiger partial charge in [0.05, 0.1) is 0 Å². The minimum absolute atomic E-state index is 0.0989. The van der Waals surface area contributed by atoms with Crippen LogP contribution < -0.4 is 5.32 Å². The third-order valence-corrected chi connectivity index (χ3v) is 5.11. The number of carbonyl (C=O) groups excluding carboxylic acids is 1. The third kappa shape index (κ3) is 3.88. The summed E-state index contributed by atoms with van der Waals surface area (Å²) in [5.74, 6) is -0.237. The summed E-state index contributed by atoms with van der Waals surface area (Å²) in [6.07, 6.45) is 9.98. The highest BCUT2D eigenvalue weighted by atomic mass is 16.5. The Kier molecular flexibility index (Phi) is 5.32. The number of carbonyl (C=O) groups is 1. The van der Waals surface area contributed by atoms with Crippen LogP contribution in [0.3, 0.4) is 0 Å². The Hall–Kier alpha value is -3.22. The Morgan fingerprint density at radius 3 is 2.68 bits per heavy atom. The average molecular weight is 377 g/mol. The van der Waals surface area contributed by atoms with Gasteiger partial charge in [-0.1, -0.05) is 24.6 Å². The SMILES string of the molecule is N=C(C(=O)OC1CCCCC1)C(Nc1ncccn1)c1c[nH]c2ccccc12. The maximum absolute atomic E-state index is 12.7. The molecule has 0 saturated heterocycles. The van der Waals surface area contributed by atoms with E-state index in [0.717, 1.165) is 42.1 Å². The van der Waals surface area contributed by atoms with Crippen molar-refractivity contribution in [2.75, 3.05) is 5.32 Å². The second kappa shape index (κ2) is 8.21. The number of rotatable bonds is 6. The minimum Gasteiger partial charge on any atom is -0.458 e. The fourth-order valence-electron chi connectivity index (χ4n) is 3.66. The number of H-pyrrole nitrogens is 1. The maximum Gasteiger partial charge on any atom is 0.354 e. The fraction of sp³-hybridized carbons (Fsp3) is 0.333. The summed E-state index contributed by atoms with van der Waals surface area (Å²) in [5, 5.41) is 12.6. The predicted octanol–water partition coefficient (Wildman–Crippen LogP) is 4.01. The van der Waals surface area contributed by atoms with Gasteiger partial charge in [0, 0.05) is 35.1 Å². The topological polar surface area (TPSA) is 104 Å². The van der Waals surface area contributed by atoms with Crippen LogP contribution in [0.1, 0.15) is 43.7 Å². The van der Waals surface area contributed by atoms with Gasteiger partial charge >= 0.3 is 5.97 Å². The molecule has 0 aliphatic heterocycles. The summed E-state index contributed by atoms with van der Waals surface area (Å²) in [5.41, 5.74) is 1.57. The van der Waals surface area contributed by atoms with Crippen molar-refractivity contribution in [2.24, 2.45) is 0 Å². The predicted molar refractivity (Wildman–Crippen MR) is 107 cm³/mol. The van der Waals surface area contributed by atoms with Gasteiger partial charge in [-0.3, -0.25) is 5.41 Å². The van der Waals surface area contributed by atoms with E-state index in [2.05, 4.69) is 20.3 Å². The zero-order valence-electron chi connectivity index (χ0n) is 15.5. The van der Waals surface area contributed by atoms with Crippen molar-refractivity contribution < 1.29 is 9.53 Å². The van der Waals surface area contributed by atoms with E-state index in [0.29, 0.717) is 5.95 Å². The summed E-state index contributed by atoms with van der Waals surface area (Å²) in [7, 11) is 0. The van der Waals surface area contributed by atoms with Gasteiger partial charge in [0.25, 0.3) is 0 Å². The average Bonchev–Trinajstić information content (AvgIpc) is 3.17. The van der Waals surface area contributed by atoms with Gasteiger partial charge in [-0.2, -0.15) is 0 Å². The quantitative estimate of drug-likeness (QED) is 0.445. The molecule has 0 bridgehead atoms. The van der Waals surface area contributed by atoms with Crippen LogP contribution in [-0.2, 0) is 9.53 Å². The molecule has 0 spiro atoms. The first-order valence-corrected chi connectivity index (χ1v) is 9.61. The van der Waals surface area contributed by atoms with E-state index in [1.54, 1.807) is 18.5 Å². The molecule has 2 aromatic heterocycles. The largest absolute Gasteiger partial charge is 0.458 e. The van der Waals surface area contributed by atoms with E-state index in [-0.39, 0.29) is 11.8 Å². The van der Waals surface area contributed by atoms with Crippen molar-refractivity contribution in [1.82, 2.24) is 15.0 Å². The van der Waals surface area contributed by atoms with Gasteiger partial charge in [0.1, 0.15) is 17.9 Å². The summed E-state index contributed by atoms with van der Waals surface area (Å²) >= 11 is 0. The molecular formula is C21H23N5O2. The number of anilines is 1. The molecule has 0 radical (unpaired) electrons. The van der Waals surface area contributed by atoms with Crippen LogP contribution in [0.2, 0.25) is 0 Å². The van der Waals surface area contributed by atoms with Crippen molar-refractivity contribution in [3.05, 3.63) is 54.5 Å². The zero-order chi connectivity index (χ0) is 19.3. The lowest BCUT2D eigenvalue weighted by Gasteiger charge is -2.24. The van der Waals surface area contributed by atoms with E-state index in [1.807, 2.05) is 30.5 Å². The molecule has 1 fully saturated rings. The Balaban J connectivity index is 1.62. The van der Waals surface area contributed by atoms with Gasteiger partial charge in [-0.05, 0) is 37.8 Å². The lowest BCUT2D eigenvalue weighted by Crippen LogP contribution is -2.32. The first-order chi connectivity index (χ1) is 13.7. The molecule has 1 aliphatic rings. The fourth-order valence-corrected chi connectivity index (χ4v) is 3.66. The molecule has 1 aliphatic carbocycles. The van der Waals surface area contributed by atoms with Crippen LogP contribution in [0.25, 0.3) is 10.9 Å². The number of hydrogen-bond donors (Lipinski definition) is 3. The van der Waals surface area contributed by atoms with E-state index >= 15 is 0 Å². The molecule has 3 N–H and O–H groups in total. The van der Waals surface area contributed by atoms with E-state index in [4.69, 9.17) is 10.1 Å². The summed E-state index contributed by atoms with van der Waals surface area (Å²) in [4.78, 5) is 24.3. The van der Waals surface area contributed by atoms with E-state index in [9.17, 15) is 4.79 Å². The molecule has 7 nitrogen and oxygen atoms in total. The summed E-state index contributed by atoms with van der Waals surface area (Å²) in [6, 6.07) is 8.79. The lowest BCUT2D eigenvalue weighted by molar-refractivity contribution is -0.142. The number of ether oxygens (including phenoxy) is 1. The normalized spacial score (nSPS) is 15.9. The first kappa shape index (κ1) is 18.2. The zero-order valence-corrected chi connectivity index (χ0v) is 15.5. The molecule has 4 rings (SSSR count). The van der Waals surface area contributed by atoms with Gasteiger partial charge in [-0.25, -0.2) is 14.8 Å². The number of para-hydroxylation sites is 1. The number of nitrogens with one attached hydrogen (secondary N) is 3. The van der Waals surface area contributed by atoms with Crippen molar-refractivity contribution in [2.45, 2.75) is 44.2 Å². The van der Waals surface area contributed by atoms with Crippen LogP contribution in [0.5, 0.6) is 0 Å². The standard InChI is InChI=1S/C21H23N5O2/c22-18(20(27)28-14-7-2-1-3-8-14)19(26-21-23-11-6-12-24-21)16-13-25-17-10-5-4-9-15(16)17/h4-6,9-14,19,22,25H,1-3,7-8H2,(H,23,24,26). The molecule has 3 aromatic rings. The second-order valence-corrected chi connectivity index (χ2v) is 7.02. The van der Waals surface area contributed by atoms with Crippen molar-refractivity contribution >= 4 is 28.5 Å². The molecule has 1 atom stereocenters. The third-order valence-electron chi connectivity index (χ3n) is 5.11. The molecular weight excluding hydrogens is 354 g/mol. The second-order valence-electron chi connectivity index (χ2n) is 7.02. The molecule has 1 saturated carbocycles. The van der Waals surface area contributed by atoms with Crippen LogP contribution in [0, 0.1) is 5.41 Å². The van der Waals surface area contributed by atoms with Crippen molar-refractivity contribution in [3.63, 3.8) is 0 Å². The van der Waals surface area contributed by atoms with Crippen molar-refractivity contribution in [3.8, 4) is 0 Å². The molecule has 7 heteroatoms. The highest BCUT2D eigenvalue weighted by Gasteiger charge is 2.29. The molecule has 2 heterocycles. The van der Waals surface area contributed by atoms with Crippen LogP contribution >= 0.6 is 0 Å². The van der Waals surface area contributed by atoms with E-state index in [1.165, 1.54) is 6.42 Å². The smallest absolute Gasteiger partial charge is 0.354 e. The Morgan fingerprint density at radius 2 is 1.89 bits per heavy atom. The monoisotopic (exact) mass is 377 g/mol. The van der Waals surface area contributed by atoms with Crippen LogP contribution in [0.4, 0.5) is 5.95 Å². The Morgan fingerprint density at radius 1 is 1.14 bits per heavy atom. The van der Waals surface area contributed by atoms with Crippen molar-refractivity contribution in [1.29, 1.82) is 5.41 Å². The Labute approximate surface area is 163 Å². The molecule has 0 amide bonds. The Bertz CT molecular complexity index is 963. The molecule has 144 valence electrons.